The van der Waals surface area contributed by atoms with Crippen LogP contribution in [-0.4, -0.2) is 16.9 Å². The Hall–Kier alpha value is -2.27. The van der Waals surface area contributed by atoms with Crippen LogP contribution in [-0.2, 0) is 4.79 Å². The average Bonchev–Trinajstić information content (AvgIpc) is 2.96. The van der Waals surface area contributed by atoms with Crippen molar-refractivity contribution in [3.63, 3.8) is 0 Å². The molecule has 0 bridgehead atoms. The Morgan fingerprint density at radius 1 is 1.04 bits per heavy atom. The van der Waals surface area contributed by atoms with Gasteiger partial charge in [0, 0.05) is 34.5 Å². The first-order valence-electron chi connectivity index (χ1n) is 7.28. The Balaban J connectivity index is 2.12. The second-order valence-electron chi connectivity index (χ2n) is 5.49. The number of halogens is 4. The van der Waals surface area contributed by atoms with E-state index in [9.17, 15) is 18.0 Å². The Bertz CT molecular complexity index is 885. The summed E-state index contributed by atoms with van der Waals surface area (Å²) in [7, 11) is 0. The van der Waals surface area contributed by atoms with Crippen LogP contribution in [0.1, 0.15) is 23.5 Å². The third kappa shape index (κ3) is 3.17. The van der Waals surface area contributed by atoms with Crippen LogP contribution >= 0.6 is 11.6 Å². The maximum Gasteiger partial charge on any atom is 0.450 e. The van der Waals surface area contributed by atoms with Crippen LogP contribution in [0, 0.1) is 0 Å². The van der Waals surface area contributed by atoms with Crippen LogP contribution in [0.15, 0.2) is 54.7 Å². The first-order chi connectivity index (χ1) is 11.4. The smallest absolute Gasteiger partial charge is 0.361 e. The van der Waals surface area contributed by atoms with Crippen molar-refractivity contribution in [3.8, 4) is 0 Å². The number of fused-ring (bicyclic) bond motifs is 1. The molecule has 124 valence electrons. The maximum atomic E-state index is 12.8. The SMILES string of the molecule is O=C(C[C@@H](c1ccccc1Cl)c1c[nH]c2ccccc12)C(F)(F)F. The fourth-order valence-corrected chi connectivity index (χ4v) is 3.10. The number of aromatic amines is 1. The molecule has 0 fully saturated rings. The van der Waals surface area contributed by atoms with E-state index in [1.165, 1.54) is 0 Å². The van der Waals surface area contributed by atoms with E-state index >= 15 is 0 Å². The van der Waals surface area contributed by atoms with Crippen molar-refractivity contribution in [1.82, 2.24) is 4.98 Å². The summed E-state index contributed by atoms with van der Waals surface area (Å²) in [5.41, 5.74) is 1.92. The number of hydrogen-bond acceptors (Lipinski definition) is 1. The average molecular weight is 352 g/mol. The minimum absolute atomic E-state index is 0.336. The summed E-state index contributed by atoms with van der Waals surface area (Å²) in [6, 6.07) is 13.9. The van der Waals surface area contributed by atoms with E-state index in [2.05, 4.69) is 4.98 Å². The highest BCUT2D eigenvalue weighted by Crippen LogP contribution is 2.38. The number of hydrogen-bond donors (Lipinski definition) is 1. The Morgan fingerprint density at radius 2 is 1.71 bits per heavy atom. The fourth-order valence-electron chi connectivity index (χ4n) is 2.83. The van der Waals surface area contributed by atoms with Gasteiger partial charge in [0.2, 0.25) is 5.78 Å². The van der Waals surface area contributed by atoms with Gasteiger partial charge in [-0.3, -0.25) is 4.79 Å². The molecule has 3 rings (SSSR count). The van der Waals surface area contributed by atoms with E-state index in [0.717, 1.165) is 10.9 Å². The molecular formula is C18H13ClF3NO. The fraction of sp³-hybridized carbons (Fsp3) is 0.167. The van der Waals surface area contributed by atoms with E-state index in [0.29, 0.717) is 16.1 Å². The molecule has 6 heteroatoms. The zero-order valence-corrected chi connectivity index (χ0v) is 13.2. The molecule has 0 aliphatic carbocycles. The largest absolute Gasteiger partial charge is 0.450 e. The van der Waals surface area contributed by atoms with Crippen molar-refractivity contribution in [2.75, 3.05) is 0 Å². The van der Waals surface area contributed by atoms with Gasteiger partial charge >= 0.3 is 6.18 Å². The molecule has 2 aromatic carbocycles. The minimum atomic E-state index is -4.87. The summed E-state index contributed by atoms with van der Waals surface area (Å²) in [6.45, 7) is 0. The first-order valence-corrected chi connectivity index (χ1v) is 7.66. The van der Waals surface area contributed by atoms with Gasteiger partial charge in [0.05, 0.1) is 0 Å². The third-order valence-electron chi connectivity index (χ3n) is 3.98. The van der Waals surface area contributed by atoms with Gasteiger partial charge in [-0.15, -0.1) is 0 Å². The number of Topliss-reactive ketones (excluding diaryl/α,β-unsaturated/α-hetero) is 1. The van der Waals surface area contributed by atoms with Crippen molar-refractivity contribution in [1.29, 1.82) is 0 Å². The molecule has 0 spiro atoms. The van der Waals surface area contributed by atoms with Gasteiger partial charge in [-0.2, -0.15) is 13.2 Å². The predicted molar refractivity (Wildman–Crippen MR) is 87.3 cm³/mol. The van der Waals surface area contributed by atoms with Gasteiger partial charge in [-0.25, -0.2) is 0 Å². The number of aromatic nitrogens is 1. The standard InChI is InChI=1S/C18H13ClF3NO/c19-15-7-3-1-5-11(15)13(9-17(24)18(20,21)22)14-10-23-16-8-4-2-6-12(14)16/h1-8,10,13,23H,9H2/t13-/m0/s1. The van der Waals surface area contributed by atoms with E-state index in [1.54, 1.807) is 36.5 Å². The molecule has 1 N–H and O–H groups in total. The summed E-state index contributed by atoms with van der Waals surface area (Å²) in [5, 5.41) is 1.11. The lowest BCUT2D eigenvalue weighted by molar-refractivity contribution is -0.171. The number of carbonyl (C=O) groups excluding carboxylic acids is 1. The summed E-state index contributed by atoms with van der Waals surface area (Å²) < 4.78 is 38.4. The van der Waals surface area contributed by atoms with E-state index in [1.807, 2.05) is 18.2 Å². The third-order valence-corrected chi connectivity index (χ3v) is 4.33. The highest BCUT2D eigenvalue weighted by atomic mass is 35.5. The van der Waals surface area contributed by atoms with Gasteiger partial charge in [0.15, 0.2) is 0 Å². The Morgan fingerprint density at radius 3 is 2.42 bits per heavy atom. The van der Waals surface area contributed by atoms with Crippen molar-refractivity contribution in [2.45, 2.75) is 18.5 Å². The zero-order valence-electron chi connectivity index (χ0n) is 12.4. The summed E-state index contributed by atoms with van der Waals surface area (Å²) >= 11 is 6.18. The van der Waals surface area contributed by atoms with Gasteiger partial charge in [0.25, 0.3) is 0 Å². The summed E-state index contributed by atoms with van der Waals surface area (Å²) in [4.78, 5) is 14.6. The number of alkyl halides is 3. The molecule has 24 heavy (non-hydrogen) atoms. The van der Waals surface area contributed by atoms with Crippen molar-refractivity contribution < 1.29 is 18.0 Å². The number of rotatable bonds is 4. The number of para-hydroxylation sites is 1. The van der Waals surface area contributed by atoms with Gasteiger partial charge in [-0.1, -0.05) is 48.0 Å². The Kier molecular flexibility index (Phi) is 4.37. The molecule has 1 atom stereocenters. The number of carbonyl (C=O) groups is 1. The first kappa shape index (κ1) is 16.6. The highest BCUT2D eigenvalue weighted by molar-refractivity contribution is 6.31. The van der Waals surface area contributed by atoms with E-state index < -0.39 is 24.3 Å². The molecule has 0 radical (unpaired) electrons. The lowest BCUT2D eigenvalue weighted by Gasteiger charge is -2.18. The number of H-pyrrole nitrogens is 1. The van der Waals surface area contributed by atoms with Crippen LogP contribution in [0.4, 0.5) is 13.2 Å². The van der Waals surface area contributed by atoms with Crippen molar-refractivity contribution in [3.05, 3.63) is 70.9 Å². The number of nitrogens with one attached hydrogen (secondary N) is 1. The molecule has 0 saturated carbocycles. The molecule has 2 nitrogen and oxygen atoms in total. The van der Waals surface area contributed by atoms with Crippen LogP contribution < -0.4 is 0 Å². The lowest BCUT2D eigenvalue weighted by Crippen LogP contribution is -2.25. The van der Waals surface area contributed by atoms with Crippen molar-refractivity contribution >= 4 is 28.3 Å². The van der Waals surface area contributed by atoms with Gasteiger partial charge < -0.3 is 4.98 Å². The lowest BCUT2D eigenvalue weighted by atomic mass is 9.86. The van der Waals surface area contributed by atoms with Crippen LogP contribution in [0.25, 0.3) is 10.9 Å². The van der Waals surface area contributed by atoms with E-state index in [4.69, 9.17) is 11.6 Å². The Labute approximate surface area is 141 Å². The predicted octanol–water partition coefficient (Wildman–Crippen LogP) is 5.47. The van der Waals surface area contributed by atoms with Gasteiger partial charge in [-0.05, 0) is 23.3 Å². The molecule has 3 aromatic rings. The highest BCUT2D eigenvalue weighted by Gasteiger charge is 2.40. The molecule has 0 amide bonds. The molecule has 0 aliphatic rings. The summed E-state index contributed by atoms with van der Waals surface area (Å²) in [5.74, 6) is -2.54. The summed E-state index contributed by atoms with van der Waals surface area (Å²) in [6.07, 6.45) is -3.91. The van der Waals surface area contributed by atoms with Crippen LogP contribution in [0.3, 0.4) is 0 Å². The maximum absolute atomic E-state index is 12.8. The normalized spacial score (nSPS) is 13.2. The molecule has 1 aromatic heterocycles. The molecule has 1 heterocycles. The molecule has 0 saturated heterocycles. The molecular weight excluding hydrogens is 339 g/mol. The number of benzene rings is 2. The second kappa shape index (κ2) is 6.32. The van der Waals surface area contributed by atoms with Crippen LogP contribution in [0.5, 0.6) is 0 Å². The number of ketones is 1. The molecule has 0 aliphatic heterocycles. The van der Waals surface area contributed by atoms with E-state index in [-0.39, 0.29) is 0 Å². The monoisotopic (exact) mass is 351 g/mol. The van der Waals surface area contributed by atoms with Gasteiger partial charge in [0.1, 0.15) is 0 Å². The quantitative estimate of drug-likeness (QED) is 0.663. The second-order valence-corrected chi connectivity index (χ2v) is 5.90. The molecule has 0 unspecified atom stereocenters. The zero-order chi connectivity index (χ0) is 17.3. The minimum Gasteiger partial charge on any atom is -0.361 e. The topological polar surface area (TPSA) is 32.9 Å². The van der Waals surface area contributed by atoms with Crippen LogP contribution in [0.2, 0.25) is 5.02 Å². The van der Waals surface area contributed by atoms with Crippen molar-refractivity contribution in [2.24, 2.45) is 0 Å².